The number of hydrogen-bond acceptors (Lipinski definition) is 2. The van der Waals surface area contributed by atoms with E-state index in [9.17, 15) is 9.18 Å². The minimum absolute atomic E-state index is 0.198. The van der Waals surface area contributed by atoms with Crippen molar-refractivity contribution in [3.8, 4) is 6.07 Å². The Morgan fingerprint density at radius 1 is 1.47 bits per heavy atom. The maximum absolute atomic E-state index is 12.9. The van der Waals surface area contributed by atoms with Crippen molar-refractivity contribution in [1.82, 2.24) is 0 Å². The molecule has 0 aliphatic rings. The molecule has 0 aliphatic heterocycles. The van der Waals surface area contributed by atoms with Crippen molar-refractivity contribution in [3.05, 3.63) is 29.1 Å². The molecular formula is C11H11FN2O. The van der Waals surface area contributed by atoms with Crippen molar-refractivity contribution < 1.29 is 9.18 Å². The Kier molecular flexibility index (Phi) is 3.40. The molecule has 4 heteroatoms. The van der Waals surface area contributed by atoms with Crippen LogP contribution in [0, 0.1) is 31.0 Å². The summed E-state index contributed by atoms with van der Waals surface area (Å²) in [6.45, 7) is 3.41. The van der Waals surface area contributed by atoms with Gasteiger partial charge in [-0.25, -0.2) is 4.39 Å². The van der Waals surface area contributed by atoms with Crippen LogP contribution in [0.1, 0.15) is 17.5 Å². The summed E-state index contributed by atoms with van der Waals surface area (Å²) < 4.78 is 12.9. The first kappa shape index (κ1) is 11.2. The van der Waals surface area contributed by atoms with Crippen molar-refractivity contribution >= 4 is 11.6 Å². The number of anilines is 1. The van der Waals surface area contributed by atoms with Gasteiger partial charge in [0.05, 0.1) is 6.07 Å². The van der Waals surface area contributed by atoms with Crippen molar-refractivity contribution in [2.45, 2.75) is 20.3 Å². The van der Waals surface area contributed by atoms with Crippen LogP contribution in [0.15, 0.2) is 12.1 Å². The van der Waals surface area contributed by atoms with E-state index in [-0.39, 0.29) is 18.1 Å². The molecule has 0 atom stereocenters. The highest BCUT2D eigenvalue weighted by Crippen LogP contribution is 2.21. The number of amides is 1. The standard InChI is InChI=1S/C11H11FN2O/c1-7-5-9(12)6-8(2)11(7)14-10(15)3-4-13/h5-6H,3H2,1-2H3,(H,14,15). The van der Waals surface area contributed by atoms with Crippen LogP contribution >= 0.6 is 0 Å². The maximum atomic E-state index is 12.9. The normalized spacial score (nSPS) is 9.47. The fourth-order valence-electron chi connectivity index (χ4n) is 1.36. The molecule has 0 spiro atoms. The zero-order chi connectivity index (χ0) is 11.4. The first-order valence-corrected chi connectivity index (χ1v) is 4.48. The summed E-state index contributed by atoms with van der Waals surface area (Å²) in [4.78, 5) is 11.2. The lowest BCUT2D eigenvalue weighted by molar-refractivity contribution is -0.115. The lowest BCUT2D eigenvalue weighted by Crippen LogP contribution is -2.12. The molecule has 1 amide bonds. The second kappa shape index (κ2) is 4.56. The lowest BCUT2D eigenvalue weighted by Gasteiger charge is -2.10. The van der Waals surface area contributed by atoms with E-state index in [0.29, 0.717) is 16.8 Å². The largest absolute Gasteiger partial charge is 0.325 e. The molecular weight excluding hydrogens is 195 g/mol. The Bertz CT molecular complexity index is 412. The summed E-state index contributed by atoms with van der Waals surface area (Å²) in [6, 6.07) is 4.44. The number of hydrogen-bond donors (Lipinski definition) is 1. The molecule has 0 saturated heterocycles. The van der Waals surface area contributed by atoms with Crippen LogP contribution in [-0.2, 0) is 4.79 Å². The summed E-state index contributed by atoms with van der Waals surface area (Å²) >= 11 is 0. The van der Waals surface area contributed by atoms with Gasteiger partial charge in [0.15, 0.2) is 0 Å². The van der Waals surface area contributed by atoms with Gasteiger partial charge in [0, 0.05) is 5.69 Å². The number of aryl methyl sites for hydroxylation is 2. The van der Waals surface area contributed by atoms with Crippen LogP contribution in [0.4, 0.5) is 10.1 Å². The van der Waals surface area contributed by atoms with E-state index in [2.05, 4.69) is 5.32 Å². The molecule has 1 rings (SSSR count). The molecule has 78 valence electrons. The smallest absolute Gasteiger partial charge is 0.238 e. The van der Waals surface area contributed by atoms with Crippen LogP contribution in [0.3, 0.4) is 0 Å². The van der Waals surface area contributed by atoms with Crippen molar-refractivity contribution in [3.63, 3.8) is 0 Å². The maximum Gasteiger partial charge on any atom is 0.238 e. The minimum Gasteiger partial charge on any atom is -0.325 e. The Morgan fingerprint density at radius 2 is 2.00 bits per heavy atom. The summed E-state index contributed by atoms with van der Waals surface area (Å²) in [5.74, 6) is -0.710. The molecule has 0 fully saturated rings. The lowest BCUT2D eigenvalue weighted by atomic mass is 10.1. The monoisotopic (exact) mass is 206 g/mol. The Balaban J connectivity index is 2.96. The number of carbonyl (C=O) groups excluding carboxylic acids is 1. The molecule has 0 unspecified atom stereocenters. The van der Waals surface area contributed by atoms with Crippen molar-refractivity contribution in [2.75, 3.05) is 5.32 Å². The highest BCUT2D eigenvalue weighted by Gasteiger charge is 2.08. The number of nitrogens with zero attached hydrogens (tertiary/aromatic N) is 1. The number of halogens is 1. The molecule has 0 heterocycles. The van der Waals surface area contributed by atoms with Crippen LogP contribution in [0.5, 0.6) is 0 Å². The van der Waals surface area contributed by atoms with E-state index >= 15 is 0 Å². The van der Waals surface area contributed by atoms with Gasteiger partial charge in [-0.3, -0.25) is 4.79 Å². The zero-order valence-electron chi connectivity index (χ0n) is 8.60. The van der Waals surface area contributed by atoms with Gasteiger partial charge in [-0.2, -0.15) is 5.26 Å². The summed E-state index contributed by atoms with van der Waals surface area (Å²) in [5.41, 5.74) is 1.88. The fraction of sp³-hybridized carbons (Fsp3) is 0.273. The third-order valence-electron chi connectivity index (χ3n) is 2.00. The number of carbonyl (C=O) groups is 1. The van der Waals surface area contributed by atoms with E-state index in [0.717, 1.165) is 0 Å². The van der Waals surface area contributed by atoms with Gasteiger partial charge >= 0.3 is 0 Å². The van der Waals surface area contributed by atoms with E-state index in [1.54, 1.807) is 19.9 Å². The highest BCUT2D eigenvalue weighted by atomic mass is 19.1. The van der Waals surface area contributed by atoms with Gasteiger partial charge in [-0.15, -0.1) is 0 Å². The predicted octanol–water partition coefficient (Wildman–Crippen LogP) is 2.29. The second-order valence-electron chi connectivity index (χ2n) is 3.30. The Labute approximate surface area is 87.5 Å². The predicted molar refractivity (Wildman–Crippen MR) is 54.7 cm³/mol. The Morgan fingerprint density at radius 3 is 2.47 bits per heavy atom. The summed E-state index contributed by atoms with van der Waals surface area (Å²) in [5, 5.41) is 10.9. The van der Waals surface area contributed by atoms with Gasteiger partial charge in [0.2, 0.25) is 5.91 Å². The van der Waals surface area contributed by atoms with Gasteiger partial charge in [0.25, 0.3) is 0 Å². The average Bonchev–Trinajstić information content (AvgIpc) is 2.11. The first-order chi connectivity index (χ1) is 7.04. The molecule has 0 saturated carbocycles. The second-order valence-corrected chi connectivity index (χ2v) is 3.30. The quantitative estimate of drug-likeness (QED) is 0.807. The molecule has 3 nitrogen and oxygen atoms in total. The van der Waals surface area contributed by atoms with Crippen molar-refractivity contribution in [1.29, 1.82) is 5.26 Å². The number of benzene rings is 1. The summed E-state index contributed by atoms with van der Waals surface area (Å²) in [7, 11) is 0. The highest BCUT2D eigenvalue weighted by molar-refractivity contribution is 5.93. The molecule has 0 aliphatic carbocycles. The van der Waals surface area contributed by atoms with Crippen LogP contribution < -0.4 is 5.32 Å². The third kappa shape index (κ3) is 2.78. The first-order valence-electron chi connectivity index (χ1n) is 4.48. The van der Waals surface area contributed by atoms with Crippen LogP contribution in [0.2, 0.25) is 0 Å². The minimum atomic E-state index is -0.379. The molecule has 0 bridgehead atoms. The van der Waals surface area contributed by atoms with Gasteiger partial charge in [-0.05, 0) is 37.1 Å². The number of nitrogens with one attached hydrogen (secondary N) is 1. The average molecular weight is 206 g/mol. The van der Waals surface area contributed by atoms with Gasteiger partial charge in [-0.1, -0.05) is 0 Å². The molecule has 15 heavy (non-hydrogen) atoms. The molecule has 1 aromatic carbocycles. The van der Waals surface area contributed by atoms with Gasteiger partial charge < -0.3 is 5.32 Å². The molecule has 0 radical (unpaired) electrons. The molecule has 0 aromatic heterocycles. The number of nitriles is 1. The number of rotatable bonds is 2. The SMILES string of the molecule is Cc1cc(F)cc(C)c1NC(=O)CC#N. The zero-order valence-corrected chi connectivity index (χ0v) is 8.60. The summed E-state index contributed by atoms with van der Waals surface area (Å²) in [6.07, 6.45) is -0.198. The van der Waals surface area contributed by atoms with Crippen LogP contribution in [0.25, 0.3) is 0 Å². The fourth-order valence-corrected chi connectivity index (χ4v) is 1.36. The van der Waals surface area contributed by atoms with E-state index < -0.39 is 0 Å². The topological polar surface area (TPSA) is 52.9 Å². The van der Waals surface area contributed by atoms with Gasteiger partial charge in [0.1, 0.15) is 12.2 Å². The van der Waals surface area contributed by atoms with E-state index in [4.69, 9.17) is 5.26 Å². The molecule has 1 aromatic rings. The van der Waals surface area contributed by atoms with Crippen LogP contribution in [-0.4, -0.2) is 5.91 Å². The van der Waals surface area contributed by atoms with E-state index in [1.807, 2.05) is 0 Å². The third-order valence-corrected chi connectivity index (χ3v) is 2.00. The van der Waals surface area contributed by atoms with Crippen molar-refractivity contribution in [2.24, 2.45) is 0 Å². The van der Waals surface area contributed by atoms with E-state index in [1.165, 1.54) is 12.1 Å². The Hall–Kier alpha value is -1.89. The molecule has 1 N–H and O–H groups in total.